The van der Waals surface area contributed by atoms with Gasteiger partial charge in [0.25, 0.3) is 0 Å². The standard InChI is InChI=1S/C33H50O3S/c1-8-33(9-2,29-15-12-11-14-27(29)18-20-30(34)32(5,6)7)28-19-17-26(25(4)24-28)21-23-37-22-13-16-31(35)36-10-3/h11-12,14-15,17,19,24,30,34H,8-10,13,16,18,20-23H2,1-7H3. The molecule has 0 radical (unpaired) electrons. The summed E-state index contributed by atoms with van der Waals surface area (Å²) in [7, 11) is 0. The van der Waals surface area contributed by atoms with Crippen molar-refractivity contribution >= 4 is 17.7 Å². The van der Waals surface area contributed by atoms with Crippen molar-refractivity contribution in [1.82, 2.24) is 0 Å². The van der Waals surface area contributed by atoms with E-state index in [0.717, 1.165) is 50.0 Å². The maximum absolute atomic E-state index is 11.5. The summed E-state index contributed by atoms with van der Waals surface area (Å²) in [6.07, 6.45) is 5.87. The van der Waals surface area contributed by atoms with Gasteiger partial charge in [-0.05, 0) is 97.1 Å². The van der Waals surface area contributed by atoms with Crippen LogP contribution < -0.4 is 0 Å². The first kappa shape index (κ1) is 31.4. The Morgan fingerprint density at radius 2 is 1.68 bits per heavy atom. The summed E-state index contributed by atoms with van der Waals surface area (Å²) in [5, 5.41) is 10.7. The zero-order valence-electron chi connectivity index (χ0n) is 24.4. The van der Waals surface area contributed by atoms with Crippen LogP contribution in [0.25, 0.3) is 0 Å². The molecule has 1 N–H and O–H groups in total. The van der Waals surface area contributed by atoms with Crippen LogP contribution in [0.2, 0.25) is 0 Å². The first-order valence-corrected chi connectivity index (χ1v) is 15.3. The minimum Gasteiger partial charge on any atom is -0.466 e. The molecule has 1 atom stereocenters. The zero-order valence-corrected chi connectivity index (χ0v) is 25.2. The quantitative estimate of drug-likeness (QED) is 0.188. The molecule has 1 unspecified atom stereocenters. The predicted molar refractivity (Wildman–Crippen MR) is 160 cm³/mol. The summed E-state index contributed by atoms with van der Waals surface area (Å²) in [6, 6.07) is 16.0. The molecule has 0 aliphatic heterocycles. The van der Waals surface area contributed by atoms with Crippen LogP contribution in [0.1, 0.15) is 101 Å². The van der Waals surface area contributed by atoms with E-state index in [1.165, 1.54) is 27.8 Å². The zero-order chi connectivity index (χ0) is 27.5. The highest BCUT2D eigenvalue weighted by Gasteiger charge is 2.33. The fourth-order valence-corrected chi connectivity index (χ4v) is 6.15. The molecule has 0 heterocycles. The van der Waals surface area contributed by atoms with Gasteiger partial charge in [-0.25, -0.2) is 0 Å². The van der Waals surface area contributed by atoms with Crippen molar-refractivity contribution in [2.75, 3.05) is 18.1 Å². The van der Waals surface area contributed by atoms with Gasteiger partial charge in [-0.3, -0.25) is 4.79 Å². The molecule has 3 nitrogen and oxygen atoms in total. The first-order valence-electron chi connectivity index (χ1n) is 14.2. The molecular formula is C33H50O3S. The second-order valence-corrected chi connectivity index (χ2v) is 12.5. The highest BCUT2D eigenvalue weighted by atomic mass is 32.2. The molecule has 0 aliphatic rings. The molecule has 0 saturated carbocycles. The molecular weight excluding hydrogens is 476 g/mol. The largest absolute Gasteiger partial charge is 0.466 e. The number of aliphatic hydroxyl groups excluding tert-OH is 1. The molecule has 0 bridgehead atoms. The van der Waals surface area contributed by atoms with Gasteiger partial charge in [0.1, 0.15) is 0 Å². The van der Waals surface area contributed by atoms with Crippen LogP contribution in [-0.4, -0.2) is 35.3 Å². The lowest BCUT2D eigenvalue weighted by Gasteiger charge is -2.36. The van der Waals surface area contributed by atoms with Crippen molar-refractivity contribution in [2.45, 2.75) is 105 Å². The maximum Gasteiger partial charge on any atom is 0.305 e. The van der Waals surface area contributed by atoms with Crippen LogP contribution in [0, 0.1) is 12.3 Å². The van der Waals surface area contributed by atoms with E-state index in [1.807, 2.05) is 18.7 Å². The first-order chi connectivity index (χ1) is 17.6. The molecule has 0 spiro atoms. The number of carbonyl (C=O) groups excluding carboxylic acids is 1. The molecule has 0 fully saturated rings. The van der Waals surface area contributed by atoms with Crippen LogP contribution in [0.4, 0.5) is 0 Å². The van der Waals surface area contributed by atoms with E-state index < -0.39 is 0 Å². The van der Waals surface area contributed by atoms with Crippen LogP contribution >= 0.6 is 11.8 Å². The average molecular weight is 527 g/mol. The summed E-state index contributed by atoms with van der Waals surface area (Å²) in [5.41, 5.74) is 6.79. The lowest BCUT2D eigenvalue weighted by atomic mass is 9.68. The highest BCUT2D eigenvalue weighted by molar-refractivity contribution is 7.99. The number of aliphatic hydroxyl groups is 1. The number of esters is 1. The molecule has 4 heteroatoms. The third kappa shape index (κ3) is 8.89. The Morgan fingerprint density at radius 1 is 0.973 bits per heavy atom. The van der Waals surface area contributed by atoms with Crippen molar-refractivity contribution in [3.63, 3.8) is 0 Å². The second-order valence-electron chi connectivity index (χ2n) is 11.3. The third-order valence-corrected chi connectivity index (χ3v) is 8.88. The molecule has 2 rings (SSSR count). The summed E-state index contributed by atoms with van der Waals surface area (Å²) in [6.45, 7) is 15.5. The van der Waals surface area contributed by atoms with Crippen LogP contribution in [0.15, 0.2) is 42.5 Å². The van der Waals surface area contributed by atoms with Gasteiger partial charge in [-0.1, -0.05) is 77.1 Å². The Kier molecular flexibility index (Phi) is 12.7. The van der Waals surface area contributed by atoms with Gasteiger partial charge in [-0.15, -0.1) is 0 Å². The normalized spacial score (nSPS) is 13.0. The number of rotatable bonds is 15. The van der Waals surface area contributed by atoms with Gasteiger partial charge < -0.3 is 9.84 Å². The minimum absolute atomic E-state index is 0.0333. The van der Waals surface area contributed by atoms with Gasteiger partial charge in [0, 0.05) is 11.8 Å². The summed E-state index contributed by atoms with van der Waals surface area (Å²) in [5.74, 6) is 1.97. The molecule has 0 aromatic heterocycles. The van der Waals surface area contributed by atoms with Crippen LogP contribution in [-0.2, 0) is 27.8 Å². The Bertz CT molecular complexity index is 972. The lowest BCUT2D eigenvalue weighted by Crippen LogP contribution is -2.29. The Labute approximate surface area is 230 Å². The molecule has 0 amide bonds. The topological polar surface area (TPSA) is 46.5 Å². The van der Waals surface area contributed by atoms with E-state index in [0.29, 0.717) is 13.0 Å². The number of ether oxygens (including phenoxy) is 1. The van der Waals surface area contributed by atoms with E-state index >= 15 is 0 Å². The lowest BCUT2D eigenvalue weighted by molar-refractivity contribution is -0.143. The number of carbonyl (C=O) groups is 1. The number of hydrogen-bond donors (Lipinski definition) is 1. The van der Waals surface area contributed by atoms with Gasteiger partial charge in [0.15, 0.2) is 0 Å². The van der Waals surface area contributed by atoms with Crippen LogP contribution in [0.3, 0.4) is 0 Å². The molecule has 0 aliphatic carbocycles. The maximum atomic E-state index is 11.5. The van der Waals surface area contributed by atoms with Crippen molar-refractivity contribution in [2.24, 2.45) is 5.41 Å². The summed E-state index contributed by atoms with van der Waals surface area (Å²) in [4.78, 5) is 11.5. The van der Waals surface area contributed by atoms with Gasteiger partial charge >= 0.3 is 5.97 Å². The molecule has 37 heavy (non-hydrogen) atoms. The Hall–Kier alpha value is -1.78. The second kappa shape index (κ2) is 15.0. The average Bonchev–Trinajstić information content (AvgIpc) is 2.87. The highest BCUT2D eigenvalue weighted by Crippen LogP contribution is 2.41. The molecule has 206 valence electrons. The molecule has 2 aromatic rings. The number of hydrogen-bond acceptors (Lipinski definition) is 4. The third-order valence-electron chi connectivity index (χ3n) is 7.81. The summed E-state index contributed by atoms with van der Waals surface area (Å²) >= 11 is 1.92. The van der Waals surface area contributed by atoms with Crippen molar-refractivity contribution in [1.29, 1.82) is 0 Å². The van der Waals surface area contributed by atoms with Crippen molar-refractivity contribution in [3.8, 4) is 0 Å². The number of thioether (sulfide) groups is 1. The monoisotopic (exact) mass is 526 g/mol. The Morgan fingerprint density at radius 3 is 2.30 bits per heavy atom. The fourth-order valence-electron chi connectivity index (χ4n) is 5.24. The number of benzene rings is 2. The molecule has 2 aromatic carbocycles. The molecule has 0 saturated heterocycles. The van der Waals surface area contributed by atoms with E-state index in [-0.39, 0.29) is 22.9 Å². The minimum atomic E-state index is -0.317. The SMILES string of the molecule is CCOC(=O)CCCSCCc1ccc(C(CC)(CC)c2ccccc2CCC(O)C(C)(C)C)cc1C. The van der Waals surface area contributed by atoms with Gasteiger partial charge in [0.05, 0.1) is 12.7 Å². The van der Waals surface area contributed by atoms with Crippen molar-refractivity contribution < 1.29 is 14.6 Å². The summed E-state index contributed by atoms with van der Waals surface area (Å²) < 4.78 is 5.01. The van der Waals surface area contributed by atoms with E-state index in [2.05, 4.69) is 84.0 Å². The Balaban J connectivity index is 2.14. The van der Waals surface area contributed by atoms with Gasteiger partial charge in [-0.2, -0.15) is 11.8 Å². The number of aryl methyl sites for hydroxylation is 3. The van der Waals surface area contributed by atoms with Crippen molar-refractivity contribution in [3.05, 3.63) is 70.3 Å². The van der Waals surface area contributed by atoms with E-state index in [1.54, 1.807) is 0 Å². The van der Waals surface area contributed by atoms with E-state index in [4.69, 9.17) is 4.74 Å². The van der Waals surface area contributed by atoms with Crippen LogP contribution in [0.5, 0.6) is 0 Å². The fraction of sp³-hybridized carbons (Fsp3) is 0.606. The predicted octanol–water partition coefficient (Wildman–Crippen LogP) is 8.06. The van der Waals surface area contributed by atoms with E-state index in [9.17, 15) is 9.90 Å². The smallest absolute Gasteiger partial charge is 0.305 e. The van der Waals surface area contributed by atoms with Gasteiger partial charge in [0.2, 0.25) is 0 Å².